The number of H-pyrrole nitrogens is 1. The van der Waals surface area contributed by atoms with Gasteiger partial charge in [-0.05, 0) is 12.1 Å². The number of hydrogen-bond acceptors (Lipinski definition) is 4. The van der Waals surface area contributed by atoms with Crippen molar-refractivity contribution >= 4 is 17.2 Å². The maximum atomic E-state index is 11.5. The molecule has 0 atom stereocenters. The van der Waals surface area contributed by atoms with Crippen LogP contribution in [0.25, 0.3) is 0 Å². The Bertz CT molecular complexity index is 736. The summed E-state index contributed by atoms with van der Waals surface area (Å²) in [4.78, 5) is 22.9. The highest BCUT2D eigenvalue weighted by molar-refractivity contribution is 7.80. The molecule has 0 saturated carbocycles. The van der Waals surface area contributed by atoms with E-state index in [9.17, 15) is 9.59 Å². The standard InChI is InChI=1S/C13H13N3O3S/c14-13(20)9-2-1-3-10(8-9)19-7-6-16-12(18)5-4-11(17)15-16/h1-5,8H,6-7H2,(H2,14,20)(H,15,17). The second-order valence-electron chi connectivity index (χ2n) is 4.04. The van der Waals surface area contributed by atoms with Crippen molar-refractivity contribution in [2.24, 2.45) is 5.73 Å². The SMILES string of the molecule is NC(=S)c1cccc(OCCn2[nH]c(=O)ccc2=O)c1. The number of rotatable bonds is 5. The summed E-state index contributed by atoms with van der Waals surface area (Å²) in [5.41, 5.74) is 5.62. The third-order valence-electron chi connectivity index (χ3n) is 2.59. The summed E-state index contributed by atoms with van der Waals surface area (Å²) >= 11 is 4.88. The number of aromatic amines is 1. The highest BCUT2D eigenvalue weighted by Gasteiger charge is 2.00. The molecule has 104 valence electrons. The molecule has 0 amide bonds. The van der Waals surface area contributed by atoms with Crippen molar-refractivity contribution in [2.75, 3.05) is 6.61 Å². The average Bonchev–Trinajstić information content (AvgIpc) is 2.43. The van der Waals surface area contributed by atoms with E-state index in [1.807, 2.05) is 0 Å². The zero-order chi connectivity index (χ0) is 14.5. The van der Waals surface area contributed by atoms with Crippen LogP contribution in [0, 0.1) is 0 Å². The van der Waals surface area contributed by atoms with Crippen LogP contribution in [0.15, 0.2) is 46.0 Å². The van der Waals surface area contributed by atoms with Gasteiger partial charge in [0, 0.05) is 17.7 Å². The van der Waals surface area contributed by atoms with Crippen LogP contribution < -0.4 is 21.6 Å². The molecule has 6 nitrogen and oxygen atoms in total. The third-order valence-corrected chi connectivity index (χ3v) is 2.83. The fourth-order valence-electron chi connectivity index (χ4n) is 1.62. The van der Waals surface area contributed by atoms with Crippen molar-refractivity contribution in [3.63, 3.8) is 0 Å². The van der Waals surface area contributed by atoms with Crippen LogP contribution in [0.5, 0.6) is 5.75 Å². The van der Waals surface area contributed by atoms with Gasteiger partial charge in [-0.1, -0.05) is 24.4 Å². The van der Waals surface area contributed by atoms with E-state index in [2.05, 4.69) is 5.10 Å². The van der Waals surface area contributed by atoms with E-state index in [0.717, 1.165) is 0 Å². The van der Waals surface area contributed by atoms with Crippen LogP contribution >= 0.6 is 12.2 Å². The smallest absolute Gasteiger partial charge is 0.265 e. The molecule has 0 unspecified atom stereocenters. The molecule has 20 heavy (non-hydrogen) atoms. The van der Waals surface area contributed by atoms with Gasteiger partial charge in [0.05, 0.1) is 6.54 Å². The second-order valence-corrected chi connectivity index (χ2v) is 4.48. The number of nitrogens with one attached hydrogen (secondary N) is 1. The molecule has 0 aliphatic heterocycles. The van der Waals surface area contributed by atoms with Gasteiger partial charge in [-0.2, -0.15) is 0 Å². The van der Waals surface area contributed by atoms with Gasteiger partial charge in [0.2, 0.25) is 0 Å². The lowest BCUT2D eigenvalue weighted by molar-refractivity contribution is 0.287. The van der Waals surface area contributed by atoms with E-state index in [-0.39, 0.29) is 24.3 Å². The first kappa shape index (κ1) is 14.0. The van der Waals surface area contributed by atoms with E-state index >= 15 is 0 Å². The van der Waals surface area contributed by atoms with Crippen molar-refractivity contribution in [3.8, 4) is 5.75 Å². The molecule has 0 aliphatic rings. The van der Waals surface area contributed by atoms with Crippen molar-refractivity contribution < 1.29 is 4.74 Å². The number of benzene rings is 1. The zero-order valence-corrected chi connectivity index (χ0v) is 11.4. The second kappa shape index (κ2) is 6.16. The Morgan fingerprint density at radius 1 is 1.30 bits per heavy atom. The Balaban J connectivity index is 2.01. The van der Waals surface area contributed by atoms with Crippen molar-refractivity contribution in [2.45, 2.75) is 6.54 Å². The van der Waals surface area contributed by atoms with Crippen LogP contribution in [-0.4, -0.2) is 21.4 Å². The lowest BCUT2D eigenvalue weighted by atomic mass is 10.2. The van der Waals surface area contributed by atoms with Gasteiger partial charge in [-0.3, -0.25) is 14.7 Å². The molecule has 0 bridgehead atoms. The van der Waals surface area contributed by atoms with Crippen molar-refractivity contribution in [3.05, 3.63) is 62.7 Å². The van der Waals surface area contributed by atoms with Crippen LogP contribution in [-0.2, 0) is 6.54 Å². The van der Waals surface area contributed by atoms with Crippen LogP contribution in [0.4, 0.5) is 0 Å². The molecular weight excluding hydrogens is 278 g/mol. The highest BCUT2D eigenvalue weighted by atomic mass is 32.1. The molecule has 2 aromatic rings. The maximum absolute atomic E-state index is 11.5. The lowest BCUT2D eigenvalue weighted by Gasteiger charge is -2.08. The van der Waals surface area contributed by atoms with Crippen LogP contribution in [0.1, 0.15) is 5.56 Å². The number of thiocarbonyl (C=S) groups is 1. The van der Waals surface area contributed by atoms with E-state index in [1.54, 1.807) is 24.3 Å². The minimum atomic E-state index is -0.333. The van der Waals surface area contributed by atoms with E-state index < -0.39 is 0 Å². The Labute approximate surface area is 119 Å². The molecular formula is C13H13N3O3S. The Hall–Kier alpha value is -2.41. The summed E-state index contributed by atoms with van der Waals surface area (Å²) in [5, 5.41) is 2.42. The highest BCUT2D eigenvalue weighted by Crippen LogP contribution is 2.13. The molecule has 7 heteroatoms. The topological polar surface area (TPSA) is 90.1 Å². The van der Waals surface area contributed by atoms with Gasteiger partial charge >= 0.3 is 0 Å². The van der Waals surface area contributed by atoms with E-state index in [1.165, 1.54) is 16.8 Å². The van der Waals surface area contributed by atoms with Gasteiger partial charge in [0.25, 0.3) is 11.1 Å². The molecule has 1 heterocycles. The molecule has 3 N–H and O–H groups in total. The predicted octanol–water partition coefficient (Wildman–Crippen LogP) is 0.250. The normalized spacial score (nSPS) is 10.2. The summed E-state index contributed by atoms with van der Waals surface area (Å²) in [5.74, 6) is 0.599. The summed E-state index contributed by atoms with van der Waals surface area (Å²) in [7, 11) is 0. The molecule has 0 saturated heterocycles. The molecule has 0 fully saturated rings. The number of nitrogens with two attached hydrogens (primary N) is 1. The van der Waals surface area contributed by atoms with Gasteiger partial charge in [0.15, 0.2) is 0 Å². The van der Waals surface area contributed by atoms with Gasteiger partial charge in [-0.25, -0.2) is 4.68 Å². The summed E-state index contributed by atoms with van der Waals surface area (Å²) in [6.45, 7) is 0.479. The molecule has 1 aromatic carbocycles. The van der Waals surface area contributed by atoms with Crippen LogP contribution in [0.3, 0.4) is 0 Å². The zero-order valence-electron chi connectivity index (χ0n) is 10.5. The van der Waals surface area contributed by atoms with Gasteiger partial charge < -0.3 is 10.5 Å². The lowest BCUT2D eigenvalue weighted by Crippen LogP contribution is -2.29. The average molecular weight is 291 g/mol. The van der Waals surface area contributed by atoms with Gasteiger partial charge in [0.1, 0.15) is 17.3 Å². The molecule has 2 rings (SSSR count). The minimum Gasteiger partial charge on any atom is -0.492 e. The summed E-state index contributed by atoms with van der Waals surface area (Å²) in [6.07, 6.45) is 0. The Kier molecular flexibility index (Phi) is 4.31. The largest absolute Gasteiger partial charge is 0.492 e. The number of hydrogen-bond donors (Lipinski definition) is 2. The Morgan fingerprint density at radius 2 is 2.10 bits per heavy atom. The first-order valence-corrected chi connectivity index (χ1v) is 6.30. The third kappa shape index (κ3) is 3.55. The van der Waals surface area contributed by atoms with E-state index in [0.29, 0.717) is 16.3 Å². The first-order valence-electron chi connectivity index (χ1n) is 5.89. The Morgan fingerprint density at radius 3 is 2.85 bits per heavy atom. The fraction of sp³-hybridized carbons (Fsp3) is 0.154. The first-order chi connectivity index (χ1) is 9.56. The van der Waals surface area contributed by atoms with Gasteiger partial charge in [-0.15, -0.1) is 0 Å². The number of ether oxygens (including phenoxy) is 1. The molecule has 0 aliphatic carbocycles. The minimum absolute atomic E-state index is 0.237. The van der Waals surface area contributed by atoms with Crippen molar-refractivity contribution in [1.82, 2.24) is 9.78 Å². The molecule has 1 aromatic heterocycles. The maximum Gasteiger partial charge on any atom is 0.265 e. The molecule has 0 spiro atoms. The monoisotopic (exact) mass is 291 g/mol. The fourth-order valence-corrected chi connectivity index (χ4v) is 1.75. The van der Waals surface area contributed by atoms with E-state index in [4.69, 9.17) is 22.7 Å². The number of aromatic nitrogens is 2. The summed E-state index contributed by atoms with van der Waals surface area (Å²) in [6, 6.07) is 9.45. The summed E-state index contributed by atoms with van der Waals surface area (Å²) < 4.78 is 6.69. The van der Waals surface area contributed by atoms with Crippen molar-refractivity contribution in [1.29, 1.82) is 0 Å². The number of nitrogens with zero attached hydrogens (tertiary/aromatic N) is 1. The predicted molar refractivity (Wildman–Crippen MR) is 79.1 cm³/mol. The molecule has 0 radical (unpaired) electrons. The quantitative estimate of drug-likeness (QED) is 0.771. The van der Waals surface area contributed by atoms with Crippen LogP contribution in [0.2, 0.25) is 0 Å².